The Labute approximate surface area is 165 Å². The summed E-state index contributed by atoms with van der Waals surface area (Å²) in [7, 11) is 1.58. The highest BCUT2D eigenvalue weighted by molar-refractivity contribution is 7.18. The van der Waals surface area contributed by atoms with Crippen molar-refractivity contribution >= 4 is 40.7 Å². The number of carbonyl (C=O) groups excluding carboxylic acids is 1. The minimum absolute atomic E-state index is 0.125. The summed E-state index contributed by atoms with van der Waals surface area (Å²) in [6, 6.07) is 16.1. The van der Waals surface area contributed by atoms with Crippen LogP contribution in [-0.4, -0.2) is 24.2 Å². The third kappa shape index (κ3) is 4.30. The molecule has 0 saturated heterocycles. The van der Waals surface area contributed by atoms with E-state index >= 15 is 0 Å². The maximum Gasteiger partial charge on any atom is 0.512 e. The standard InChI is InChI=1S/C20H16ClNO4S/c1-12-6-8-13(9-7-12)18(23)22(2)16-11-17(27-19(16)26-20(24)25)14-4-3-5-15(21)10-14/h3-11H,1-2H3,(H,24,25). The van der Waals surface area contributed by atoms with Crippen molar-refractivity contribution in [1.29, 1.82) is 0 Å². The molecule has 5 nitrogen and oxygen atoms in total. The highest BCUT2D eigenvalue weighted by atomic mass is 35.5. The lowest BCUT2D eigenvalue weighted by atomic mass is 10.1. The highest BCUT2D eigenvalue weighted by Crippen LogP contribution is 2.43. The average molecular weight is 402 g/mol. The first kappa shape index (κ1) is 18.9. The van der Waals surface area contributed by atoms with Crippen LogP contribution in [0, 0.1) is 6.92 Å². The summed E-state index contributed by atoms with van der Waals surface area (Å²) in [6.45, 7) is 1.94. The lowest BCUT2D eigenvalue weighted by Gasteiger charge is -2.17. The van der Waals surface area contributed by atoms with Crippen LogP contribution in [0.4, 0.5) is 10.5 Å². The number of amides is 1. The number of thiophene rings is 1. The predicted molar refractivity (Wildman–Crippen MR) is 107 cm³/mol. The Morgan fingerprint density at radius 3 is 2.44 bits per heavy atom. The summed E-state index contributed by atoms with van der Waals surface area (Å²) in [5.74, 6) is -0.263. The molecule has 27 heavy (non-hydrogen) atoms. The van der Waals surface area contributed by atoms with Gasteiger partial charge in [-0.2, -0.15) is 0 Å². The Bertz CT molecular complexity index is 997. The van der Waals surface area contributed by atoms with Gasteiger partial charge in [0, 0.05) is 22.5 Å². The molecule has 0 unspecified atom stereocenters. The molecule has 2 aromatic carbocycles. The molecular formula is C20H16ClNO4S. The number of anilines is 1. The lowest BCUT2D eigenvalue weighted by molar-refractivity contribution is 0.0991. The van der Waals surface area contributed by atoms with Crippen molar-refractivity contribution in [3.05, 3.63) is 70.7 Å². The number of nitrogens with zero attached hydrogens (tertiary/aromatic N) is 1. The summed E-state index contributed by atoms with van der Waals surface area (Å²) in [5, 5.41) is 9.73. The third-order valence-corrected chi connectivity index (χ3v) is 5.22. The number of aryl methyl sites for hydroxylation is 1. The number of halogens is 1. The largest absolute Gasteiger partial charge is 0.512 e. The quantitative estimate of drug-likeness (QED) is 0.568. The molecule has 1 aromatic heterocycles. The van der Waals surface area contributed by atoms with E-state index in [2.05, 4.69) is 0 Å². The Kier molecular flexibility index (Phi) is 5.48. The first-order valence-corrected chi connectivity index (χ1v) is 9.20. The van der Waals surface area contributed by atoms with Gasteiger partial charge in [0.15, 0.2) is 0 Å². The van der Waals surface area contributed by atoms with Gasteiger partial charge < -0.3 is 14.7 Å². The smallest absolute Gasteiger partial charge is 0.449 e. The van der Waals surface area contributed by atoms with Gasteiger partial charge in [0.05, 0.1) is 5.69 Å². The number of hydrogen-bond acceptors (Lipinski definition) is 4. The van der Waals surface area contributed by atoms with Crippen LogP contribution in [0.25, 0.3) is 10.4 Å². The Morgan fingerprint density at radius 1 is 1.11 bits per heavy atom. The molecule has 1 amide bonds. The molecule has 1 N–H and O–H groups in total. The van der Waals surface area contributed by atoms with Crippen molar-refractivity contribution in [3.8, 4) is 15.5 Å². The van der Waals surface area contributed by atoms with Crippen LogP contribution in [0.15, 0.2) is 54.6 Å². The molecule has 3 rings (SSSR count). The number of benzene rings is 2. The van der Waals surface area contributed by atoms with E-state index in [-0.39, 0.29) is 11.0 Å². The molecule has 0 aliphatic carbocycles. The zero-order valence-corrected chi connectivity index (χ0v) is 16.2. The van der Waals surface area contributed by atoms with Crippen molar-refractivity contribution in [1.82, 2.24) is 0 Å². The van der Waals surface area contributed by atoms with E-state index in [1.807, 2.05) is 25.1 Å². The minimum Gasteiger partial charge on any atom is -0.449 e. The van der Waals surface area contributed by atoms with E-state index in [1.54, 1.807) is 43.4 Å². The summed E-state index contributed by atoms with van der Waals surface area (Å²) in [5.41, 5.74) is 2.73. The molecule has 3 aromatic rings. The van der Waals surface area contributed by atoms with E-state index in [1.165, 1.54) is 4.90 Å². The van der Waals surface area contributed by atoms with Gasteiger partial charge in [-0.1, -0.05) is 52.8 Å². The Hall–Kier alpha value is -2.83. The van der Waals surface area contributed by atoms with Gasteiger partial charge in [0.25, 0.3) is 5.91 Å². The van der Waals surface area contributed by atoms with Crippen molar-refractivity contribution in [2.45, 2.75) is 6.92 Å². The Balaban J connectivity index is 2.00. The maximum absolute atomic E-state index is 12.8. The highest BCUT2D eigenvalue weighted by Gasteiger charge is 2.22. The van der Waals surface area contributed by atoms with Crippen molar-refractivity contribution in [2.75, 3.05) is 11.9 Å². The summed E-state index contributed by atoms with van der Waals surface area (Å²) < 4.78 is 4.91. The van der Waals surface area contributed by atoms with E-state index in [4.69, 9.17) is 21.4 Å². The topological polar surface area (TPSA) is 66.8 Å². The second-order valence-electron chi connectivity index (χ2n) is 5.89. The molecule has 0 bridgehead atoms. The van der Waals surface area contributed by atoms with Gasteiger partial charge in [-0.25, -0.2) is 4.79 Å². The monoisotopic (exact) mass is 401 g/mol. The zero-order valence-electron chi connectivity index (χ0n) is 14.6. The van der Waals surface area contributed by atoms with Crippen LogP contribution in [0.3, 0.4) is 0 Å². The second-order valence-corrected chi connectivity index (χ2v) is 7.34. The van der Waals surface area contributed by atoms with Gasteiger partial charge in [0.2, 0.25) is 5.06 Å². The van der Waals surface area contributed by atoms with Gasteiger partial charge >= 0.3 is 6.16 Å². The average Bonchev–Trinajstić information content (AvgIpc) is 3.04. The number of carboxylic acid groups (broad SMARTS) is 1. The molecule has 0 aliphatic heterocycles. The molecule has 0 aliphatic rings. The zero-order chi connectivity index (χ0) is 19.6. The minimum atomic E-state index is -1.44. The van der Waals surface area contributed by atoms with Crippen molar-refractivity contribution in [2.24, 2.45) is 0 Å². The fourth-order valence-corrected chi connectivity index (χ4v) is 3.75. The first-order valence-electron chi connectivity index (χ1n) is 8.00. The fraction of sp³-hybridized carbons (Fsp3) is 0.100. The first-order chi connectivity index (χ1) is 12.8. The van der Waals surface area contributed by atoms with E-state index < -0.39 is 6.16 Å². The van der Waals surface area contributed by atoms with Crippen LogP contribution >= 0.6 is 22.9 Å². The van der Waals surface area contributed by atoms with E-state index in [0.29, 0.717) is 16.3 Å². The van der Waals surface area contributed by atoms with Gasteiger partial charge in [-0.3, -0.25) is 4.79 Å². The summed E-state index contributed by atoms with van der Waals surface area (Å²) in [6.07, 6.45) is -1.44. The molecule has 0 atom stereocenters. The fourth-order valence-electron chi connectivity index (χ4n) is 2.53. The molecule has 0 saturated carbocycles. The lowest BCUT2D eigenvalue weighted by Crippen LogP contribution is -2.26. The van der Waals surface area contributed by atoms with Crippen LogP contribution in [0.5, 0.6) is 5.06 Å². The molecule has 0 fully saturated rings. The maximum atomic E-state index is 12.8. The number of hydrogen-bond donors (Lipinski definition) is 1. The van der Waals surface area contributed by atoms with Crippen molar-refractivity contribution in [3.63, 3.8) is 0 Å². The molecule has 0 radical (unpaired) electrons. The van der Waals surface area contributed by atoms with Gasteiger partial charge in [-0.05, 0) is 42.8 Å². The van der Waals surface area contributed by atoms with Gasteiger partial charge in [0.1, 0.15) is 0 Å². The number of carbonyl (C=O) groups is 2. The van der Waals surface area contributed by atoms with Crippen LogP contribution in [-0.2, 0) is 0 Å². The summed E-state index contributed by atoms with van der Waals surface area (Å²) >= 11 is 7.18. The van der Waals surface area contributed by atoms with Crippen molar-refractivity contribution < 1.29 is 19.4 Å². The molecule has 7 heteroatoms. The van der Waals surface area contributed by atoms with Crippen LogP contribution in [0.1, 0.15) is 15.9 Å². The predicted octanol–water partition coefficient (Wildman–Crippen LogP) is 5.71. The molecular weight excluding hydrogens is 386 g/mol. The number of rotatable bonds is 4. The molecule has 0 spiro atoms. The van der Waals surface area contributed by atoms with Crippen LogP contribution in [0.2, 0.25) is 5.02 Å². The Morgan fingerprint density at radius 2 is 1.81 bits per heavy atom. The number of ether oxygens (including phenoxy) is 1. The molecule has 138 valence electrons. The second kappa shape index (κ2) is 7.82. The van der Waals surface area contributed by atoms with Gasteiger partial charge in [-0.15, -0.1) is 0 Å². The van der Waals surface area contributed by atoms with E-state index in [0.717, 1.165) is 27.3 Å². The van der Waals surface area contributed by atoms with Crippen LogP contribution < -0.4 is 9.64 Å². The van der Waals surface area contributed by atoms with E-state index in [9.17, 15) is 9.59 Å². The summed E-state index contributed by atoms with van der Waals surface area (Å²) in [4.78, 5) is 26.0. The molecule has 1 heterocycles. The third-order valence-electron chi connectivity index (χ3n) is 3.93. The SMILES string of the molecule is Cc1ccc(C(=O)N(C)c2cc(-c3cccc(Cl)c3)sc2OC(=O)O)cc1. The normalized spacial score (nSPS) is 10.5.